The Morgan fingerprint density at radius 2 is 1.93 bits per heavy atom. The van der Waals surface area contributed by atoms with Gasteiger partial charge in [0, 0.05) is 11.1 Å². The number of halogens is 1. The van der Waals surface area contributed by atoms with Crippen LogP contribution in [-0.2, 0) is 13.2 Å². The van der Waals surface area contributed by atoms with E-state index < -0.39 is 0 Å². The zero-order chi connectivity index (χ0) is 19.2. The first kappa shape index (κ1) is 19.3. The fraction of sp³-hybridized carbons (Fsp3) is 0.263. The Balaban J connectivity index is 1.75. The van der Waals surface area contributed by atoms with Gasteiger partial charge in [0.2, 0.25) is 4.77 Å². The maximum Gasteiger partial charge on any atom is 0.214 e. The highest BCUT2D eigenvalue weighted by atomic mass is 35.5. The number of hydrogen-bond donors (Lipinski definition) is 2. The van der Waals surface area contributed by atoms with Crippen LogP contribution < -0.4 is 14.9 Å². The van der Waals surface area contributed by atoms with Crippen LogP contribution in [0.1, 0.15) is 23.6 Å². The molecule has 0 fully saturated rings. The number of aromatic amines is 1. The van der Waals surface area contributed by atoms with Crippen molar-refractivity contribution >= 4 is 23.8 Å². The summed E-state index contributed by atoms with van der Waals surface area (Å²) in [5.74, 6) is 1.27. The molecule has 0 saturated heterocycles. The minimum atomic E-state index is 0.443. The molecule has 2 N–H and O–H groups in total. The number of aryl methyl sites for hydroxylation is 1. The number of nitrogens with zero attached hydrogens (tertiary/aromatic N) is 2. The molecule has 2 aromatic carbocycles. The minimum Gasteiger partial charge on any atom is -0.490 e. The number of ether oxygens (including phenoxy) is 2. The van der Waals surface area contributed by atoms with Gasteiger partial charge in [-0.25, -0.2) is 4.68 Å². The lowest BCUT2D eigenvalue weighted by atomic mass is 10.1. The van der Waals surface area contributed by atoms with Crippen molar-refractivity contribution in [1.29, 1.82) is 0 Å². The summed E-state index contributed by atoms with van der Waals surface area (Å²) in [5.41, 5.74) is 6.30. The summed E-state index contributed by atoms with van der Waals surface area (Å²) >= 11 is 11.6. The molecule has 3 rings (SSSR count). The molecule has 0 bridgehead atoms. The zero-order valence-electron chi connectivity index (χ0n) is 15.2. The summed E-state index contributed by atoms with van der Waals surface area (Å²) < 4.78 is 13.8. The monoisotopic (exact) mass is 404 g/mol. The average Bonchev–Trinajstić information content (AvgIpc) is 3.07. The summed E-state index contributed by atoms with van der Waals surface area (Å²) in [6.07, 6.45) is 1.57. The molecule has 8 heteroatoms. The van der Waals surface area contributed by atoms with E-state index in [0.29, 0.717) is 41.1 Å². The standard InChI is InChI=1S/C19H21ClN4O2S/c1-3-25-17-8-15(10-22-24-12-21-23-19(24)27)16(20)9-18(17)26-11-14-6-4-13(2)5-7-14/h4-9,12,22H,3,10-11H2,1-2H3,(H,23,27). The number of rotatable bonds is 8. The van der Waals surface area contributed by atoms with Crippen molar-refractivity contribution in [3.63, 3.8) is 0 Å². The highest BCUT2D eigenvalue weighted by molar-refractivity contribution is 7.71. The lowest BCUT2D eigenvalue weighted by Gasteiger charge is -2.16. The van der Waals surface area contributed by atoms with Gasteiger partial charge in [0.05, 0.1) is 13.2 Å². The molecule has 142 valence electrons. The Morgan fingerprint density at radius 3 is 2.59 bits per heavy atom. The molecule has 0 amide bonds. The van der Waals surface area contributed by atoms with Gasteiger partial charge in [0.25, 0.3) is 0 Å². The fourth-order valence-electron chi connectivity index (χ4n) is 2.47. The third kappa shape index (κ3) is 5.02. The van der Waals surface area contributed by atoms with Gasteiger partial charge in [-0.2, -0.15) is 5.10 Å². The second-order valence-corrected chi connectivity index (χ2v) is 6.76. The first-order valence-electron chi connectivity index (χ1n) is 8.56. The molecule has 0 spiro atoms. The highest BCUT2D eigenvalue weighted by Crippen LogP contribution is 2.34. The van der Waals surface area contributed by atoms with E-state index in [2.05, 4.69) is 34.7 Å². The van der Waals surface area contributed by atoms with Crippen molar-refractivity contribution in [1.82, 2.24) is 14.9 Å². The van der Waals surface area contributed by atoms with Crippen molar-refractivity contribution in [3.05, 3.63) is 69.2 Å². The summed E-state index contributed by atoms with van der Waals surface area (Å²) in [4.78, 5) is 0. The molecule has 0 atom stereocenters. The summed E-state index contributed by atoms with van der Waals surface area (Å²) in [7, 11) is 0. The van der Waals surface area contributed by atoms with Crippen molar-refractivity contribution in [3.8, 4) is 11.5 Å². The van der Waals surface area contributed by atoms with Gasteiger partial charge in [-0.05, 0) is 43.3 Å². The Morgan fingerprint density at radius 1 is 1.19 bits per heavy atom. The van der Waals surface area contributed by atoms with E-state index in [1.807, 2.05) is 25.1 Å². The fourth-order valence-corrected chi connectivity index (χ4v) is 2.86. The van der Waals surface area contributed by atoms with E-state index in [9.17, 15) is 0 Å². The highest BCUT2D eigenvalue weighted by Gasteiger charge is 2.12. The molecule has 0 unspecified atom stereocenters. The van der Waals surface area contributed by atoms with E-state index in [-0.39, 0.29) is 0 Å². The molecule has 0 aliphatic rings. The molecule has 0 saturated carbocycles. The van der Waals surface area contributed by atoms with Crippen LogP contribution in [0.5, 0.6) is 11.5 Å². The van der Waals surface area contributed by atoms with Crippen molar-refractivity contribution in [2.45, 2.75) is 27.0 Å². The van der Waals surface area contributed by atoms with Gasteiger partial charge in [0.15, 0.2) is 11.5 Å². The topological polar surface area (TPSA) is 64.1 Å². The van der Waals surface area contributed by atoms with Crippen molar-refractivity contribution in [2.75, 3.05) is 12.0 Å². The normalized spacial score (nSPS) is 10.6. The maximum absolute atomic E-state index is 6.45. The molecule has 0 aliphatic carbocycles. The number of nitrogens with one attached hydrogen (secondary N) is 2. The van der Waals surface area contributed by atoms with Crippen LogP contribution in [0.15, 0.2) is 42.7 Å². The Bertz CT molecular complexity index is 953. The summed E-state index contributed by atoms with van der Waals surface area (Å²) in [6, 6.07) is 11.9. The van der Waals surface area contributed by atoms with Crippen molar-refractivity contribution in [2.24, 2.45) is 0 Å². The van der Waals surface area contributed by atoms with E-state index >= 15 is 0 Å². The van der Waals surface area contributed by atoms with Gasteiger partial charge in [-0.15, -0.1) is 0 Å². The molecular weight excluding hydrogens is 384 g/mol. The first-order valence-corrected chi connectivity index (χ1v) is 9.35. The van der Waals surface area contributed by atoms with E-state index in [4.69, 9.17) is 33.3 Å². The number of benzene rings is 2. The third-order valence-corrected chi connectivity index (χ3v) is 4.56. The molecule has 6 nitrogen and oxygen atoms in total. The van der Waals surface area contributed by atoms with Crippen LogP contribution in [0.4, 0.5) is 0 Å². The lowest BCUT2D eigenvalue weighted by molar-refractivity contribution is 0.269. The number of H-pyrrole nitrogens is 1. The smallest absolute Gasteiger partial charge is 0.214 e. The van der Waals surface area contributed by atoms with Gasteiger partial charge in [-0.1, -0.05) is 41.4 Å². The molecule has 3 aromatic rings. The van der Waals surface area contributed by atoms with Crippen LogP contribution in [0.3, 0.4) is 0 Å². The first-order chi connectivity index (χ1) is 13.1. The van der Waals surface area contributed by atoms with Crippen molar-refractivity contribution < 1.29 is 9.47 Å². The second kappa shape index (κ2) is 8.92. The predicted octanol–water partition coefficient (Wildman–Crippen LogP) is 4.62. The van der Waals surface area contributed by atoms with Crippen LogP contribution in [-0.4, -0.2) is 21.5 Å². The SMILES string of the molecule is CCOc1cc(CNn2cn[nH]c2=S)c(Cl)cc1OCc1ccc(C)cc1. The molecular formula is C19H21ClN4O2S. The minimum absolute atomic E-state index is 0.443. The second-order valence-electron chi connectivity index (χ2n) is 5.96. The van der Waals surface area contributed by atoms with Gasteiger partial charge in [0.1, 0.15) is 12.9 Å². The molecule has 1 heterocycles. The third-order valence-electron chi connectivity index (χ3n) is 3.92. The van der Waals surface area contributed by atoms with Gasteiger partial charge in [-0.3, -0.25) is 5.10 Å². The van der Waals surface area contributed by atoms with Crippen LogP contribution in [0, 0.1) is 11.7 Å². The van der Waals surface area contributed by atoms with Crippen LogP contribution >= 0.6 is 23.8 Å². The van der Waals surface area contributed by atoms with Gasteiger partial charge >= 0.3 is 0 Å². The zero-order valence-corrected chi connectivity index (χ0v) is 16.7. The molecule has 0 aliphatic heterocycles. The largest absolute Gasteiger partial charge is 0.490 e. The van der Waals surface area contributed by atoms with Crippen LogP contribution in [0.2, 0.25) is 5.02 Å². The van der Waals surface area contributed by atoms with E-state index in [1.165, 1.54) is 5.56 Å². The maximum atomic E-state index is 6.45. The summed E-state index contributed by atoms with van der Waals surface area (Å²) in [5, 5.41) is 7.14. The lowest BCUT2D eigenvalue weighted by Crippen LogP contribution is -2.14. The molecule has 0 radical (unpaired) electrons. The average molecular weight is 405 g/mol. The quantitative estimate of drug-likeness (QED) is 0.536. The number of hydrogen-bond acceptors (Lipinski definition) is 5. The Kier molecular flexibility index (Phi) is 6.36. The molecule has 1 aromatic heterocycles. The summed E-state index contributed by atoms with van der Waals surface area (Å²) in [6.45, 7) is 5.42. The van der Waals surface area contributed by atoms with Crippen LogP contribution in [0.25, 0.3) is 0 Å². The Labute approximate surface area is 168 Å². The number of aromatic nitrogens is 3. The van der Waals surface area contributed by atoms with E-state index in [0.717, 1.165) is 11.1 Å². The predicted molar refractivity (Wildman–Crippen MR) is 109 cm³/mol. The van der Waals surface area contributed by atoms with E-state index in [1.54, 1.807) is 17.1 Å². The Hall–Kier alpha value is -2.51. The molecule has 27 heavy (non-hydrogen) atoms. The van der Waals surface area contributed by atoms with Gasteiger partial charge < -0.3 is 14.9 Å².